The number of rotatable bonds is 5. The van der Waals surface area contributed by atoms with Gasteiger partial charge in [0, 0.05) is 19.6 Å². The summed E-state index contributed by atoms with van der Waals surface area (Å²) >= 11 is 0. The molecule has 1 rings (SSSR count). The normalized spacial score (nSPS) is 23.0. The van der Waals surface area contributed by atoms with Crippen LogP contribution in [0.25, 0.3) is 0 Å². The molecule has 0 amide bonds. The highest BCUT2D eigenvalue weighted by Gasteiger charge is 2.19. The van der Waals surface area contributed by atoms with Gasteiger partial charge in [-0.25, -0.2) is 5.32 Å². The van der Waals surface area contributed by atoms with Crippen LogP contribution in [0.5, 0.6) is 0 Å². The summed E-state index contributed by atoms with van der Waals surface area (Å²) in [6.07, 6.45) is 3.87. The van der Waals surface area contributed by atoms with Crippen LogP contribution >= 0.6 is 0 Å². The zero-order valence-electron chi connectivity index (χ0n) is 7.98. The molecule has 1 fully saturated rings. The zero-order valence-corrected chi connectivity index (χ0v) is 7.98. The Morgan fingerprint density at radius 3 is 2.54 bits per heavy atom. The Kier molecular flexibility index (Phi) is 4.75. The number of hydrogen-bond donors (Lipinski definition) is 0. The van der Waals surface area contributed by atoms with Crippen molar-refractivity contribution in [2.24, 2.45) is 0 Å². The third-order valence-corrected chi connectivity index (χ3v) is 1.98. The van der Waals surface area contributed by atoms with E-state index >= 15 is 0 Å². The molecule has 0 N–H and O–H groups in total. The molecule has 1 aliphatic rings. The van der Waals surface area contributed by atoms with E-state index in [0.29, 0.717) is 0 Å². The van der Waals surface area contributed by atoms with Crippen LogP contribution in [-0.2, 0) is 4.74 Å². The highest BCUT2D eigenvalue weighted by atomic mass is 16.5. The summed E-state index contributed by atoms with van der Waals surface area (Å²) in [6.45, 7) is 11.4. The summed E-state index contributed by atoms with van der Waals surface area (Å²) in [7, 11) is 0. The highest BCUT2D eigenvalue weighted by molar-refractivity contribution is 4.83. The SMILES string of the molecule is C=CCN(CC=C)C1C[N]CCO1. The van der Waals surface area contributed by atoms with E-state index in [1.54, 1.807) is 0 Å². The second-order valence-electron chi connectivity index (χ2n) is 2.99. The lowest BCUT2D eigenvalue weighted by atomic mass is 10.3. The lowest BCUT2D eigenvalue weighted by molar-refractivity contribution is -0.0669. The predicted octanol–water partition coefficient (Wildman–Crippen LogP) is 0.621. The lowest BCUT2D eigenvalue weighted by Gasteiger charge is -2.32. The molecule has 1 atom stereocenters. The van der Waals surface area contributed by atoms with Gasteiger partial charge in [0.15, 0.2) is 0 Å². The Morgan fingerprint density at radius 2 is 2.08 bits per heavy atom. The van der Waals surface area contributed by atoms with Crippen molar-refractivity contribution in [3.63, 3.8) is 0 Å². The zero-order chi connectivity index (χ0) is 9.52. The third kappa shape index (κ3) is 3.30. The minimum atomic E-state index is 0.116. The van der Waals surface area contributed by atoms with Crippen LogP contribution < -0.4 is 5.32 Å². The molecule has 3 nitrogen and oxygen atoms in total. The van der Waals surface area contributed by atoms with Crippen molar-refractivity contribution in [1.29, 1.82) is 0 Å². The first kappa shape index (κ1) is 10.4. The van der Waals surface area contributed by atoms with Crippen LogP contribution in [-0.4, -0.2) is 43.9 Å². The minimum Gasteiger partial charge on any atom is -0.360 e. The summed E-state index contributed by atoms with van der Waals surface area (Å²) in [6, 6.07) is 0. The summed E-state index contributed by atoms with van der Waals surface area (Å²) in [4.78, 5) is 2.17. The molecular weight excluding hydrogens is 164 g/mol. The largest absolute Gasteiger partial charge is 0.360 e. The monoisotopic (exact) mass is 181 g/mol. The Labute approximate surface area is 80.1 Å². The average molecular weight is 181 g/mol. The van der Waals surface area contributed by atoms with Gasteiger partial charge in [0.1, 0.15) is 6.23 Å². The van der Waals surface area contributed by atoms with Gasteiger partial charge in [-0.15, -0.1) is 13.2 Å². The van der Waals surface area contributed by atoms with E-state index in [2.05, 4.69) is 23.4 Å². The van der Waals surface area contributed by atoms with Gasteiger partial charge in [0.2, 0.25) is 0 Å². The number of hydrogen-bond acceptors (Lipinski definition) is 2. The van der Waals surface area contributed by atoms with Crippen LogP contribution in [0.15, 0.2) is 25.3 Å². The molecule has 13 heavy (non-hydrogen) atoms. The number of ether oxygens (including phenoxy) is 1. The van der Waals surface area contributed by atoms with E-state index in [4.69, 9.17) is 4.74 Å². The van der Waals surface area contributed by atoms with Gasteiger partial charge in [-0.2, -0.15) is 0 Å². The smallest absolute Gasteiger partial charge is 0.125 e. The van der Waals surface area contributed by atoms with Crippen molar-refractivity contribution >= 4 is 0 Å². The minimum absolute atomic E-state index is 0.116. The highest BCUT2D eigenvalue weighted by Crippen LogP contribution is 2.04. The van der Waals surface area contributed by atoms with E-state index in [-0.39, 0.29) is 6.23 Å². The molecule has 1 saturated heterocycles. The Balaban J connectivity index is 2.40. The summed E-state index contributed by atoms with van der Waals surface area (Å²) in [5, 5.41) is 4.31. The maximum Gasteiger partial charge on any atom is 0.125 e. The second kappa shape index (κ2) is 5.91. The molecule has 0 bridgehead atoms. The molecule has 0 aromatic carbocycles. The van der Waals surface area contributed by atoms with Crippen LogP contribution in [0.2, 0.25) is 0 Å². The van der Waals surface area contributed by atoms with Gasteiger partial charge in [0.05, 0.1) is 13.2 Å². The summed E-state index contributed by atoms with van der Waals surface area (Å²) in [5.41, 5.74) is 0. The molecule has 0 aromatic rings. The Hall–Kier alpha value is -0.640. The van der Waals surface area contributed by atoms with Gasteiger partial charge in [-0.3, -0.25) is 4.90 Å². The van der Waals surface area contributed by atoms with Crippen molar-refractivity contribution in [1.82, 2.24) is 10.2 Å². The predicted molar refractivity (Wildman–Crippen MR) is 53.6 cm³/mol. The van der Waals surface area contributed by atoms with Crippen LogP contribution in [0, 0.1) is 0 Å². The second-order valence-corrected chi connectivity index (χ2v) is 2.99. The quantitative estimate of drug-likeness (QED) is 0.581. The molecule has 3 heteroatoms. The fourth-order valence-electron chi connectivity index (χ4n) is 1.37. The summed E-state index contributed by atoms with van der Waals surface area (Å²) in [5.74, 6) is 0. The molecule has 1 unspecified atom stereocenters. The van der Waals surface area contributed by atoms with Gasteiger partial charge >= 0.3 is 0 Å². The van der Waals surface area contributed by atoms with Crippen LogP contribution in [0.3, 0.4) is 0 Å². The molecular formula is C10H17N2O. The molecule has 0 aromatic heterocycles. The Bertz CT molecular complexity index is 154. The van der Waals surface area contributed by atoms with Crippen LogP contribution in [0.4, 0.5) is 0 Å². The molecule has 0 spiro atoms. The fraction of sp³-hybridized carbons (Fsp3) is 0.600. The van der Waals surface area contributed by atoms with Gasteiger partial charge in [-0.05, 0) is 0 Å². The molecule has 73 valence electrons. The molecule has 1 heterocycles. The first-order chi connectivity index (χ1) is 6.38. The van der Waals surface area contributed by atoms with E-state index < -0.39 is 0 Å². The van der Waals surface area contributed by atoms with Crippen molar-refractivity contribution < 1.29 is 4.74 Å². The first-order valence-corrected chi connectivity index (χ1v) is 4.59. The number of nitrogens with zero attached hydrogens (tertiary/aromatic N) is 2. The maximum atomic E-state index is 5.58. The number of morpholine rings is 1. The van der Waals surface area contributed by atoms with E-state index in [1.165, 1.54) is 0 Å². The van der Waals surface area contributed by atoms with Gasteiger partial charge in [-0.1, -0.05) is 12.2 Å². The third-order valence-electron chi connectivity index (χ3n) is 1.98. The molecule has 0 saturated carbocycles. The van der Waals surface area contributed by atoms with Crippen molar-refractivity contribution in [2.45, 2.75) is 6.23 Å². The summed E-state index contributed by atoms with van der Waals surface area (Å²) < 4.78 is 5.58. The first-order valence-electron chi connectivity index (χ1n) is 4.59. The van der Waals surface area contributed by atoms with Crippen molar-refractivity contribution in [2.75, 3.05) is 32.8 Å². The molecule has 0 aliphatic carbocycles. The Morgan fingerprint density at radius 1 is 1.38 bits per heavy atom. The fourth-order valence-corrected chi connectivity index (χ4v) is 1.37. The van der Waals surface area contributed by atoms with E-state index in [0.717, 1.165) is 32.8 Å². The van der Waals surface area contributed by atoms with Crippen LogP contribution in [0.1, 0.15) is 0 Å². The topological polar surface area (TPSA) is 26.6 Å². The maximum absolute atomic E-state index is 5.58. The van der Waals surface area contributed by atoms with E-state index in [9.17, 15) is 0 Å². The van der Waals surface area contributed by atoms with Crippen molar-refractivity contribution in [3.8, 4) is 0 Å². The molecule has 1 radical (unpaired) electrons. The standard InChI is InChI=1S/C10H17N2O/c1-3-6-12(7-4-2)10-9-11-5-8-13-10/h3-4,10H,1-2,5-9H2. The van der Waals surface area contributed by atoms with Gasteiger partial charge < -0.3 is 4.74 Å². The molecule has 1 aliphatic heterocycles. The van der Waals surface area contributed by atoms with E-state index in [1.807, 2.05) is 12.2 Å². The average Bonchev–Trinajstić information content (AvgIpc) is 2.19. The lowest BCUT2D eigenvalue weighted by Crippen LogP contribution is -2.47. The van der Waals surface area contributed by atoms with Crippen molar-refractivity contribution in [3.05, 3.63) is 25.3 Å². The van der Waals surface area contributed by atoms with Gasteiger partial charge in [0.25, 0.3) is 0 Å².